The molecule has 10 heteroatoms. The van der Waals surface area contributed by atoms with Crippen molar-refractivity contribution in [2.45, 2.75) is 19.2 Å². The first kappa shape index (κ1) is 19.1. The molecule has 1 amide bonds. The van der Waals surface area contributed by atoms with Crippen LogP contribution in [0, 0.1) is 0 Å². The van der Waals surface area contributed by atoms with E-state index in [1.54, 1.807) is 12.1 Å². The molecular weight excluding hydrogens is 397 g/mol. The molecule has 29 heavy (non-hydrogen) atoms. The third-order valence-corrected chi connectivity index (χ3v) is 5.57. The Balaban J connectivity index is 1.50. The molecule has 1 unspecified atom stereocenters. The highest BCUT2D eigenvalue weighted by molar-refractivity contribution is 7.12. The van der Waals surface area contributed by atoms with E-state index in [2.05, 4.69) is 10.4 Å². The maximum Gasteiger partial charge on any atom is 0.346 e. The molecule has 1 aliphatic rings. The molecule has 0 fully saturated rings. The van der Waals surface area contributed by atoms with Crippen LogP contribution in [0.1, 0.15) is 15.9 Å². The van der Waals surface area contributed by atoms with E-state index in [1.165, 1.54) is 22.2 Å². The number of nitrogens with zero attached hydrogens (tertiary/aromatic N) is 3. The summed E-state index contributed by atoms with van der Waals surface area (Å²) < 4.78 is 21.1. The minimum absolute atomic E-state index is 0.00399. The summed E-state index contributed by atoms with van der Waals surface area (Å²) in [5, 5.41) is 6.84. The summed E-state index contributed by atoms with van der Waals surface area (Å²) >= 11 is 1.38. The van der Waals surface area contributed by atoms with Crippen molar-refractivity contribution in [3.8, 4) is 5.75 Å². The van der Waals surface area contributed by atoms with Crippen LogP contribution in [-0.2, 0) is 17.9 Å². The van der Waals surface area contributed by atoms with Gasteiger partial charge in [-0.3, -0.25) is 9.36 Å². The normalized spacial score (nSPS) is 16.3. The first-order chi connectivity index (χ1) is 14.1. The van der Waals surface area contributed by atoms with Gasteiger partial charge in [-0.2, -0.15) is 5.10 Å². The predicted octanol–water partition coefficient (Wildman–Crippen LogP) is 2.04. The smallest absolute Gasteiger partial charge is 0.346 e. The van der Waals surface area contributed by atoms with Crippen LogP contribution in [0.15, 0.2) is 59.4 Å². The lowest BCUT2D eigenvalue weighted by Crippen LogP contribution is -2.29. The number of para-hydroxylation sites is 2. The number of carbonyl (C=O) groups is 1. The average molecular weight is 415 g/mol. The molecule has 3 heterocycles. The number of fused-ring (bicyclic) bond motifs is 1. The van der Waals surface area contributed by atoms with Crippen molar-refractivity contribution in [2.24, 2.45) is 5.73 Å². The molecule has 1 atom stereocenters. The van der Waals surface area contributed by atoms with Crippen molar-refractivity contribution in [2.75, 3.05) is 11.9 Å². The first-order valence-corrected chi connectivity index (χ1v) is 9.66. The highest BCUT2D eigenvalue weighted by atomic mass is 32.1. The fourth-order valence-electron chi connectivity index (χ4n) is 2.95. The molecular formula is C19H18FN5O3S. The number of nitrogens with one attached hydrogen (secondary N) is 1. The summed E-state index contributed by atoms with van der Waals surface area (Å²) in [6.07, 6.45) is 1.04. The molecule has 2 aromatic heterocycles. The summed E-state index contributed by atoms with van der Waals surface area (Å²) in [5.41, 5.74) is 5.97. The zero-order valence-corrected chi connectivity index (χ0v) is 16.1. The number of halogens is 1. The summed E-state index contributed by atoms with van der Waals surface area (Å²) in [4.78, 5) is 26.4. The van der Waals surface area contributed by atoms with Crippen LogP contribution in [0.2, 0.25) is 0 Å². The van der Waals surface area contributed by atoms with E-state index in [-0.39, 0.29) is 36.8 Å². The van der Waals surface area contributed by atoms with Gasteiger partial charge >= 0.3 is 5.69 Å². The van der Waals surface area contributed by atoms with E-state index in [4.69, 9.17) is 10.5 Å². The van der Waals surface area contributed by atoms with E-state index >= 15 is 0 Å². The maximum absolute atomic E-state index is 12.7. The summed E-state index contributed by atoms with van der Waals surface area (Å²) in [6, 6.07) is 10.9. The number of carbonyl (C=O) groups excluding carboxylic acids is 1. The zero-order chi connectivity index (χ0) is 20.4. The molecule has 0 radical (unpaired) electrons. The molecule has 8 nitrogen and oxygen atoms in total. The van der Waals surface area contributed by atoms with E-state index in [0.29, 0.717) is 17.8 Å². The van der Waals surface area contributed by atoms with Crippen LogP contribution in [0.3, 0.4) is 0 Å². The molecule has 0 saturated heterocycles. The molecule has 3 aromatic rings. The second kappa shape index (κ2) is 8.02. The number of thiophene rings is 1. The van der Waals surface area contributed by atoms with Gasteiger partial charge in [-0.1, -0.05) is 12.1 Å². The third-order valence-electron chi connectivity index (χ3n) is 4.46. The van der Waals surface area contributed by atoms with Gasteiger partial charge in [0.05, 0.1) is 30.0 Å². The Morgan fingerprint density at radius 3 is 2.93 bits per heavy atom. The Morgan fingerprint density at radius 1 is 1.31 bits per heavy atom. The Morgan fingerprint density at radius 2 is 2.14 bits per heavy atom. The topological polar surface area (TPSA) is 104 Å². The average Bonchev–Trinajstić information content (AvgIpc) is 3.33. The first-order valence-electron chi connectivity index (χ1n) is 8.84. The predicted molar refractivity (Wildman–Crippen MR) is 107 cm³/mol. The minimum atomic E-state index is -0.745. The van der Waals surface area contributed by atoms with Crippen molar-refractivity contribution in [1.82, 2.24) is 14.3 Å². The van der Waals surface area contributed by atoms with Crippen LogP contribution < -0.4 is 21.5 Å². The Hall–Kier alpha value is -3.24. The maximum atomic E-state index is 12.7. The van der Waals surface area contributed by atoms with E-state index < -0.39 is 6.10 Å². The van der Waals surface area contributed by atoms with Gasteiger partial charge in [-0.25, -0.2) is 13.9 Å². The second-order valence-electron chi connectivity index (χ2n) is 6.46. The number of hydrogen-bond donors (Lipinski definition) is 2. The lowest BCUT2D eigenvalue weighted by Gasteiger charge is -2.24. The Bertz CT molecular complexity index is 1130. The van der Waals surface area contributed by atoms with Gasteiger partial charge in [0.1, 0.15) is 12.1 Å². The zero-order valence-electron chi connectivity index (χ0n) is 15.2. The lowest BCUT2D eigenvalue weighted by molar-refractivity contribution is -0.123. The number of aromatic nitrogens is 3. The van der Waals surface area contributed by atoms with Gasteiger partial charge < -0.3 is 15.8 Å². The molecule has 0 aliphatic carbocycles. The fourth-order valence-corrected chi connectivity index (χ4v) is 3.99. The number of amides is 1. The van der Waals surface area contributed by atoms with Crippen LogP contribution in [0.5, 0.6) is 5.75 Å². The monoisotopic (exact) mass is 415 g/mol. The molecule has 0 spiro atoms. The molecule has 1 aliphatic heterocycles. The van der Waals surface area contributed by atoms with Gasteiger partial charge in [0.2, 0.25) is 6.10 Å². The SMILES string of the molecule is NC/C(=C\F)Cn1ncn(Cc2ccc(C3Oc4ccccc4NC3=O)s2)c1=O. The van der Waals surface area contributed by atoms with E-state index in [9.17, 15) is 14.0 Å². The fraction of sp³-hybridized carbons (Fsp3) is 0.211. The Kier molecular flexibility index (Phi) is 5.28. The number of hydrogen-bond acceptors (Lipinski definition) is 6. The van der Waals surface area contributed by atoms with Crippen LogP contribution in [0.4, 0.5) is 10.1 Å². The largest absolute Gasteiger partial charge is 0.473 e. The number of benzene rings is 1. The van der Waals surface area contributed by atoms with Gasteiger partial charge in [-0.15, -0.1) is 11.3 Å². The van der Waals surface area contributed by atoms with Gasteiger partial charge in [-0.05, 0) is 29.8 Å². The van der Waals surface area contributed by atoms with Crippen molar-refractivity contribution in [3.05, 3.63) is 74.9 Å². The van der Waals surface area contributed by atoms with Crippen LogP contribution >= 0.6 is 11.3 Å². The quantitative estimate of drug-likeness (QED) is 0.641. The van der Waals surface area contributed by atoms with Gasteiger partial charge in [0.25, 0.3) is 5.91 Å². The van der Waals surface area contributed by atoms with Crippen molar-refractivity contribution in [3.63, 3.8) is 0 Å². The number of anilines is 1. The molecule has 3 N–H and O–H groups in total. The van der Waals surface area contributed by atoms with Gasteiger partial charge in [0.15, 0.2) is 0 Å². The van der Waals surface area contributed by atoms with Gasteiger partial charge in [0, 0.05) is 11.4 Å². The lowest BCUT2D eigenvalue weighted by atomic mass is 10.2. The van der Waals surface area contributed by atoms with Crippen molar-refractivity contribution in [1.29, 1.82) is 0 Å². The van der Waals surface area contributed by atoms with E-state index in [1.807, 2.05) is 24.3 Å². The second-order valence-corrected chi connectivity index (χ2v) is 7.66. The van der Waals surface area contributed by atoms with E-state index in [0.717, 1.165) is 14.4 Å². The summed E-state index contributed by atoms with van der Waals surface area (Å²) in [6.45, 7) is 0.298. The molecule has 0 saturated carbocycles. The van der Waals surface area contributed by atoms with Crippen LogP contribution in [0.25, 0.3) is 0 Å². The minimum Gasteiger partial charge on any atom is -0.473 e. The molecule has 0 bridgehead atoms. The standard InChI is InChI=1S/C19H18FN5O3S/c20-7-12(8-21)9-25-19(27)24(11-22-25)10-13-5-6-16(29-13)17-18(26)23-14-3-1-2-4-15(14)28-17/h1-7,11,17H,8-10,21H2,(H,23,26)/b12-7+. The molecule has 4 rings (SSSR count). The summed E-state index contributed by atoms with van der Waals surface area (Å²) in [5.74, 6) is 0.371. The third kappa shape index (κ3) is 3.84. The van der Waals surface area contributed by atoms with Crippen LogP contribution in [-0.4, -0.2) is 26.8 Å². The summed E-state index contributed by atoms with van der Waals surface area (Å²) in [7, 11) is 0. The number of nitrogens with two attached hydrogens (primary N) is 1. The molecule has 150 valence electrons. The number of ether oxygens (including phenoxy) is 1. The number of rotatable bonds is 6. The highest BCUT2D eigenvalue weighted by Crippen LogP contribution is 2.36. The van der Waals surface area contributed by atoms with Crippen molar-refractivity contribution >= 4 is 22.9 Å². The van der Waals surface area contributed by atoms with Crippen molar-refractivity contribution < 1.29 is 13.9 Å². The highest BCUT2D eigenvalue weighted by Gasteiger charge is 2.30. The molecule has 1 aromatic carbocycles. The Labute approximate surface area is 169 Å².